The Kier molecular flexibility index (Phi) is 4.86. The third kappa shape index (κ3) is 3.97. The molecule has 0 N–H and O–H groups in total. The first-order valence-electron chi connectivity index (χ1n) is 7.43. The smallest absolute Gasteiger partial charge is 0.246 e. The molecule has 0 radical (unpaired) electrons. The first kappa shape index (κ1) is 16.1. The molecule has 0 aliphatic carbocycles. The van der Waals surface area contributed by atoms with Crippen LogP contribution in [-0.2, 0) is 17.9 Å². The van der Waals surface area contributed by atoms with Gasteiger partial charge in [0.15, 0.2) is 0 Å². The van der Waals surface area contributed by atoms with Gasteiger partial charge in [0.2, 0.25) is 11.7 Å². The minimum Gasteiger partial charge on any atom is -0.340 e. The van der Waals surface area contributed by atoms with E-state index in [0.717, 1.165) is 11.1 Å². The van der Waals surface area contributed by atoms with Crippen LogP contribution in [0.1, 0.15) is 5.56 Å². The van der Waals surface area contributed by atoms with Crippen LogP contribution in [0.2, 0.25) is 5.02 Å². The van der Waals surface area contributed by atoms with E-state index in [1.807, 2.05) is 42.5 Å². The molecule has 0 aliphatic heterocycles. The maximum atomic E-state index is 12.3. The van der Waals surface area contributed by atoms with Crippen molar-refractivity contribution in [2.45, 2.75) is 13.1 Å². The van der Waals surface area contributed by atoms with E-state index in [1.165, 1.54) is 4.80 Å². The molecule has 0 saturated heterocycles. The predicted molar refractivity (Wildman–Crippen MR) is 91.2 cm³/mol. The summed E-state index contributed by atoms with van der Waals surface area (Å²) in [5.41, 5.74) is 1.87. The van der Waals surface area contributed by atoms with Gasteiger partial charge in [-0.1, -0.05) is 54.1 Å². The first-order chi connectivity index (χ1) is 11.6. The molecule has 0 bridgehead atoms. The van der Waals surface area contributed by atoms with Gasteiger partial charge in [-0.25, -0.2) is 0 Å². The maximum absolute atomic E-state index is 12.3. The van der Waals surface area contributed by atoms with Crippen molar-refractivity contribution in [2.75, 3.05) is 7.05 Å². The van der Waals surface area contributed by atoms with Gasteiger partial charge in [-0.2, -0.15) is 4.80 Å². The summed E-state index contributed by atoms with van der Waals surface area (Å²) in [6.07, 6.45) is 0. The molecule has 0 atom stereocenters. The van der Waals surface area contributed by atoms with E-state index in [2.05, 4.69) is 15.4 Å². The monoisotopic (exact) mass is 341 g/mol. The SMILES string of the molecule is CN(Cc1ccc(Cl)cc1)C(=O)Cn1nnc(-c2ccccc2)n1. The van der Waals surface area contributed by atoms with Gasteiger partial charge in [0.25, 0.3) is 0 Å². The van der Waals surface area contributed by atoms with Crippen LogP contribution in [0, 0.1) is 0 Å². The van der Waals surface area contributed by atoms with Crippen LogP contribution in [0.25, 0.3) is 11.4 Å². The Morgan fingerprint density at radius 2 is 1.83 bits per heavy atom. The van der Waals surface area contributed by atoms with Crippen molar-refractivity contribution in [3.8, 4) is 11.4 Å². The van der Waals surface area contributed by atoms with Crippen LogP contribution >= 0.6 is 11.6 Å². The van der Waals surface area contributed by atoms with E-state index in [4.69, 9.17) is 11.6 Å². The lowest BCUT2D eigenvalue weighted by molar-refractivity contribution is -0.131. The second kappa shape index (κ2) is 7.23. The average Bonchev–Trinajstić information content (AvgIpc) is 3.06. The number of amides is 1. The highest BCUT2D eigenvalue weighted by molar-refractivity contribution is 6.30. The number of halogens is 1. The minimum atomic E-state index is -0.0954. The Morgan fingerprint density at radius 3 is 2.54 bits per heavy atom. The lowest BCUT2D eigenvalue weighted by Crippen LogP contribution is -2.30. The number of benzene rings is 2. The molecular weight excluding hydrogens is 326 g/mol. The summed E-state index contributed by atoms with van der Waals surface area (Å²) in [6.45, 7) is 0.542. The Hall–Kier alpha value is -2.73. The zero-order chi connectivity index (χ0) is 16.9. The summed E-state index contributed by atoms with van der Waals surface area (Å²) in [7, 11) is 1.74. The Bertz CT molecular complexity index is 817. The van der Waals surface area contributed by atoms with E-state index in [-0.39, 0.29) is 12.5 Å². The van der Waals surface area contributed by atoms with Crippen LogP contribution in [0.4, 0.5) is 0 Å². The van der Waals surface area contributed by atoms with Crippen molar-refractivity contribution in [3.63, 3.8) is 0 Å². The van der Waals surface area contributed by atoms with Gasteiger partial charge in [-0.15, -0.1) is 10.2 Å². The van der Waals surface area contributed by atoms with Gasteiger partial charge >= 0.3 is 0 Å². The largest absolute Gasteiger partial charge is 0.340 e. The molecule has 24 heavy (non-hydrogen) atoms. The maximum Gasteiger partial charge on any atom is 0.246 e. The number of carbonyl (C=O) groups excluding carboxylic acids is 1. The van der Waals surface area contributed by atoms with Crippen molar-refractivity contribution in [2.24, 2.45) is 0 Å². The quantitative estimate of drug-likeness (QED) is 0.715. The Morgan fingerprint density at radius 1 is 1.12 bits per heavy atom. The summed E-state index contributed by atoms with van der Waals surface area (Å²) in [5, 5.41) is 12.9. The molecule has 122 valence electrons. The summed E-state index contributed by atoms with van der Waals surface area (Å²) < 4.78 is 0. The Balaban J connectivity index is 1.62. The predicted octanol–water partition coefficient (Wildman–Crippen LogP) is 2.65. The van der Waals surface area contributed by atoms with Crippen molar-refractivity contribution in [1.29, 1.82) is 0 Å². The van der Waals surface area contributed by atoms with Crippen LogP contribution in [-0.4, -0.2) is 38.1 Å². The van der Waals surface area contributed by atoms with E-state index < -0.39 is 0 Å². The fourth-order valence-electron chi connectivity index (χ4n) is 2.21. The molecule has 7 heteroatoms. The molecule has 6 nitrogen and oxygen atoms in total. The van der Waals surface area contributed by atoms with Gasteiger partial charge in [0.1, 0.15) is 6.54 Å². The van der Waals surface area contributed by atoms with Gasteiger partial charge in [-0.05, 0) is 22.9 Å². The van der Waals surface area contributed by atoms with Crippen molar-refractivity contribution >= 4 is 17.5 Å². The summed E-state index contributed by atoms with van der Waals surface area (Å²) in [4.78, 5) is 15.2. The molecule has 0 saturated carbocycles. The molecule has 0 aliphatic rings. The number of nitrogens with zero attached hydrogens (tertiary/aromatic N) is 5. The van der Waals surface area contributed by atoms with Crippen LogP contribution in [0.5, 0.6) is 0 Å². The number of hydrogen-bond acceptors (Lipinski definition) is 4. The van der Waals surface area contributed by atoms with Gasteiger partial charge in [0.05, 0.1) is 0 Å². The third-order valence-corrected chi connectivity index (χ3v) is 3.77. The second-order valence-electron chi connectivity index (χ2n) is 5.39. The molecule has 1 heterocycles. The number of carbonyl (C=O) groups is 1. The van der Waals surface area contributed by atoms with E-state index >= 15 is 0 Å². The summed E-state index contributed by atoms with van der Waals surface area (Å²) >= 11 is 5.86. The zero-order valence-electron chi connectivity index (χ0n) is 13.1. The van der Waals surface area contributed by atoms with Crippen LogP contribution < -0.4 is 0 Å². The minimum absolute atomic E-state index is 0.0456. The van der Waals surface area contributed by atoms with Crippen molar-refractivity contribution in [3.05, 3.63) is 65.2 Å². The molecule has 1 aromatic heterocycles. The number of aromatic nitrogens is 4. The normalized spacial score (nSPS) is 10.6. The fraction of sp³-hybridized carbons (Fsp3) is 0.176. The molecule has 3 rings (SSSR count). The average molecular weight is 342 g/mol. The molecule has 2 aromatic carbocycles. The Labute approximate surface area is 144 Å². The highest BCUT2D eigenvalue weighted by Crippen LogP contribution is 2.13. The zero-order valence-corrected chi connectivity index (χ0v) is 13.9. The van der Waals surface area contributed by atoms with Gasteiger partial charge in [0, 0.05) is 24.2 Å². The molecular formula is C17H16ClN5O. The van der Waals surface area contributed by atoms with E-state index in [0.29, 0.717) is 17.4 Å². The molecule has 0 unspecified atom stereocenters. The summed E-state index contributed by atoms with van der Waals surface area (Å²) in [6, 6.07) is 16.9. The molecule has 1 amide bonds. The van der Waals surface area contributed by atoms with Crippen LogP contribution in [0.15, 0.2) is 54.6 Å². The lowest BCUT2D eigenvalue weighted by atomic mass is 10.2. The standard InChI is InChI=1S/C17H16ClN5O/c1-22(11-13-7-9-15(18)10-8-13)16(24)12-23-20-17(19-21-23)14-5-3-2-4-6-14/h2-10H,11-12H2,1H3. The number of hydrogen-bond donors (Lipinski definition) is 0. The van der Waals surface area contributed by atoms with Crippen molar-refractivity contribution < 1.29 is 4.79 Å². The first-order valence-corrected chi connectivity index (χ1v) is 7.81. The highest BCUT2D eigenvalue weighted by Gasteiger charge is 2.13. The second-order valence-corrected chi connectivity index (χ2v) is 5.82. The highest BCUT2D eigenvalue weighted by atomic mass is 35.5. The van der Waals surface area contributed by atoms with E-state index in [1.54, 1.807) is 24.1 Å². The number of rotatable bonds is 5. The molecule has 3 aromatic rings. The van der Waals surface area contributed by atoms with Crippen LogP contribution in [0.3, 0.4) is 0 Å². The number of tetrazole rings is 1. The van der Waals surface area contributed by atoms with E-state index in [9.17, 15) is 4.79 Å². The fourth-order valence-corrected chi connectivity index (χ4v) is 2.33. The van der Waals surface area contributed by atoms with Gasteiger partial charge in [-0.3, -0.25) is 4.79 Å². The number of likely N-dealkylation sites (N-methyl/N-ethyl adjacent to an activating group) is 1. The topological polar surface area (TPSA) is 63.9 Å². The molecule has 0 spiro atoms. The van der Waals surface area contributed by atoms with Crippen molar-refractivity contribution in [1.82, 2.24) is 25.1 Å². The lowest BCUT2D eigenvalue weighted by Gasteiger charge is -2.16. The molecule has 0 fully saturated rings. The summed E-state index contributed by atoms with van der Waals surface area (Å²) in [5.74, 6) is 0.408. The third-order valence-electron chi connectivity index (χ3n) is 3.52. The van der Waals surface area contributed by atoms with Gasteiger partial charge < -0.3 is 4.90 Å².